The van der Waals surface area contributed by atoms with E-state index in [9.17, 15) is 14.4 Å². The first-order valence-electron chi connectivity index (χ1n) is 8.33. The zero-order valence-electron chi connectivity index (χ0n) is 14.2. The van der Waals surface area contributed by atoms with Crippen LogP contribution in [0.4, 0.5) is 5.69 Å². The number of anilines is 1. The molecule has 0 aliphatic carbocycles. The molecule has 1 aliphatic rings. The highest BCUT2D eigenvalue weighted by molar-refractivity contribution is 6.06. The lowest BCUT2D eigenvalue weighted by Gasteiger charge is -2.12. The van der Waals surface area contributed by atoms with Crippen LogP contribution in [0.1, 0.15) is 39.2 Å². The number of carbonyl (C=O) groups is 2. The Balaban J connectivity index is 1.73. The molecule has 1 aliphatic heterocycles. The number of pyridine rings is 1. The first kappa shape index (κ1) is 16.1. The Kier molecular flexibility index (Phi) is 3.61. The minimum Gasteiger partial charge on any atom is -0.366 e. The number of rotatable bonds is 3. The number of hydrogen-bond acceptors (Lipinski definition) is 3. The molecule has 0 saturated carbocycles. The van der Waals surface area contributed by atoms with E-state index >= 15 is 0 Å². The Morgan fingerprint density at radius 1 is 1.15 bits per heavy atom. The first-order chi connectivity index (χ1) is 12.5. The van der Waals surface area contributed by atoms with Gasteiger partial charge in [-0.25, -0.2) is 0 Å². The molecular formula is C20H17N3O3. The summed E-state index contributed by atoms with van der Waals surface area (Å²) in [5.74, 6) is -1.01. The lowest BCUT2D eigenvalue weighted by molar-refractivity contribution is 0.0998. The van der Waals surface area contributed by atoms with E-state index < -0.39 is 11.8 Å². The molecule has 1 atom stereocenters. The highest BCUT2D eigenvalue weighted by Crippen LogP contribution is 2.30. The van der Waals surface area contributed by atoms with Gasteiger partial charge in [0.1, 0.15) is 5.56 Å². The van der Waals surface area contributed by atoms with Crippen molar-refractivity contribution in [2.75, 3.05) is 5.32 Å². The van der Waals surface area contributed by atoms with Crippen LogP contribution in [0, 0.1) is 0 Å². The summed E-state index contributed by atoms with van der Waals surface area (Å²) < 4.78 is 2.00. The van der Waals surface area contributed by atoms with E-state index in [1.54, 1.807) is 24.4 Å². The molecule has 0 fully saturated rings. The molecule has 4 rings (SSSR count). The SMILES string of the molecule is CC1Cc2cccc3c(=O)c(C(=O)Nc4ccc(C(N)=O)cc4)cn1c23. The monoisotopic (exact) mass is 347 g/mol. The predicted molar refractivity (Wildman–Crippen MR) is 99.5 cm³/mol. The molecule has 0 spiro atoms. The van der Waals surface area contributed by atoms with Gasteiger partial charge in [-0.05, 0) is 49.2 Å². The summed E-state index contributed by atoms with van der Waals surface area (Å²) in [5.41, 5.74) is 7.90. The third kappa shape index (κ3) is 2.47. The van der Waals surface area contributed by atoms with Gasteiger partial charge in [0.2, 0.25) is 11.3 Å². The van der Waals surface area contributed by atoms with E-state index in [1.807, 2.05) is 16.7 Å². The number of nitrogens with zero attached hydrogens (tertiary/aromatic N) is 1. The summed E-state index contributed by atoms with van der Waals surface area (Å²) in [7, 11) is 0. The third-order valence-electron chi connectivity index (χ3n) is 4.80. The zero-order chi connectivity index (χ0) is 18.4. The average molecular weight is 347 g/mol. The molecule has 2 amide bonds. The van der Waals surface area contributed by atoms with Crippen LogP contribution in [0.2, 0.25) is 0 Å². The van der Waals surface area contributed by atoms with Crippen molar-refractivity contribution >= 4 is 28.4 Å². The summed E-state index contributed by atoms with van der Waals surface area (Å²) in [6.45, 7) is 2.06. The lowest BCUT2D eigenvalue weighted by Crippen LogP contribution is -2.23. The van der Waals surface area contributed by atoms with Crippen molar-refractivity contribution in [2.24, 2.45) is 5.73 Å². The van der Waals surface area contributed by atoms with Crippen LogP contribution in [-0.2, 0) is 6.42 Å². The molecule has 3 aromatic rings. The zero-order valence-corrected chi connectivity index (χ0v) is 14.2. The summed E-state index contributed by atoms with van der Waals surface area (Å²) in [4.78, 5) is 36.6. The smallest absolute Gasteiger partial charge is 0.261 e. The molecule has 2 heterocycles. The van der Waals surface area contributed by atoms with Crippen LogP contribution >= 0.6 is 0 Å². The number of primary amides is 1. The molecule has 0 radical (unpaired) electrons. The average Bonchev–Trinajstić information content (AvgIpc) is 2.94. The number of nitrogens with two attached hydrogens (primary N) is 1. The number of hydrogen-bond donors (Lipinski definition) is 2. The predicted octanol–water partition coefficient (Wildman–Crippen LogP) is 2.47. The largest absolute Gasteiger partial charge is 0.366 e. The normalized spacial score (nSPS) is 15.2. The number of nitrogens with one attached hydrogen (secondary N) is 1. The fourth-order valence-corrected chi connectivity index (χ4v) is 3.49. The second-order valence-electron chi connectivity index (χ2n) is 6.54. The van der Waals surface area contributed by atoms with Crippen LogP contribution in [0.25, 0.3) is 10.9 Å². The van der Waals surface area contributed by atoms with Gasteiger partial charge in [0.25, 0.3) is 5.91 Å². The number of benzene rings is 2. The maximum absolute atomic E-state index is 12.8. The molecule has 1 aromatic heterocycles. The Morgan fingerprint density at radius 3 is 2.58 bits per heavy atom. The molecule has 0 bridgehead atoms. The Hall–Kier alpha value is -3.41. The molecule has 6 heteroatoms. The molecule has 3 N–H and O–H groups in total. The summed E-state index contributed by atoms with van der Waals surface area (Å²) in [6.07, 6.45) is 2.48. The molecule has 130 valence electrons. The molecule has 26 heavy (non-hydrogen) atoms. The van der Waals surface area contributed by atoms with Gasteiger partial charge < -0.3 is 15.6 Å². The van der Waals surface area contributed by atoms with Gasteiger partial charge in [0, 0.05) is 28.9 Å². The molecule has 6 nitrogen and oxygen atoms in total. The van der Waals surface area contributed by atoms with Crippen LogP contribution in [0.15, 0.2) is 53.5 Å². The maximum atomic E-state index is 12.8. The van der Waals surface area contributed by atoms with Crippen molar-refractivity contribution in [2.45, 2.75) is 19.4 Å². The molecular weight excluding hydrogens is 330 g/mol. The number of para-hydroxylation sites is 1. The highest BCUT2D eigenvalue weighted by Gasteiger charge is 2.24. The molecule has 0 saturated heterocycles. The first-order valence-corrected chi connectivity index (χ1v) is 8.33. The van der Waals surface area contributed by atoms with Gasteiger partial charge >= 0.3 is 0 Å². The topological polar surface area (TPSA) is 94.2 Å². The van der Waals surface area contributed by atoms with Crippen molar-refractivity contribution in [1.29, 1.82) is 0 Å². The van der Waals surface area contributed by atoms with E-state index in [-0.39, 0.29) is 17.0 Å². The van der Waals surface area contributed by atoms with Crippen molar-refractivity contribution < 1.29 is 9.59 Å². The maximum Gasteiger partial charge on any atom is 0.261 e. The van der Waals surface area contributed by atoms with Crippen molar-refractivity contribution in [3.63, 3.8) is 0 Å². The van der Waals surface area contributed by atoms with Gasteiger partial charge in [0.15, 0.2) is 0 Å². The fourth-order valence-electron chi connectivity index (χ4n) is 3.49. The van der Waals surface area contributed by atoms with Gasteiger partial charge in [-0.3, -0.25) is 14.4 Å². The lowest BCUT2D eigenvalue weighted by atomic mass is 10.1. The Labute approximate surface area is 149 Å². The van der Waals surface area contributed by atoms with Crippen LogP contribution in [0.5, 0.6) is 0 Å². The van der Waals surface area contributed by atoms with Crippen LogP contribution in [0.3, 0.4) is 0 Å². The van der Waals surface area contributed by atoms with E-state index in [0.29, 0.717) is 16.6 Å². The fraction of sp³-hybridized carbons (Fsp3) is 0.150. The second-order valence-corrected chi connectivity index (χ2v) is 6.54. The van der Waals surface area contributed by atoms with Crippen molar-refractivity contribution in [3.8, 4) is 0 Å². The number of carbonyl (C=O) groups excluding carboxylic acids is 2. The van der Waals surface area contributed by atoms with E-state index in [2.05, 4.69) is 12.2 Å². The van der Waals surface area contributed by atoms with Gasteiger partial charge in [-0.1, -0.05) is 12.1 Å². The van der Waals surface area contributed by atoms with E-state index in [1.165, 1.54) is 12.1 Å². The summed E-state index contributed by atoms with van der Waals surface area (Å²) >= 11 is 0. The quantitative estimate of drug-likeness (QED) is 0.762. The Bertz CT molecular complexity index is 1110. The van der Waals surface area contributed by atoms with E-state index in [4.69, 9.17) is 5.73 Å². The van der Waals surface area contributed by atoms with Gasteiger partial charge in [0.05, 0.1) is 5.52 Å². The number of amides is 2. The Morgan fingerprint density at radius 2 is 1.88 bits per heavy atom. The summed E-state index contributed by atoms with van der Waals surface area (Å²) in [6, 6.07) is 12.0. The standard InChI is InChI=1S/C20H17N3O3/c1-11-9-13-3-2-4-15-17(13)23(11)10-16(18(15)24)20(26)22-14-7-5-12(6-8-14)19(21)25/h2-8,10-11H,9H2,1H3,(H2,21,25)(H,22,26). The second kappa shape index (κ2) is 5.84. The van der Waals surface area contributed by atoms with Crippen molar-refractivity contribution in [1.82, 2.24) is 4.57 Å². The van der Waals surface area contributed by atoms with Gasteiger partial charge in [-0.15, -0.1) is 0 Å². The molecule has 2 aromatic carbocycles. The van der Waals surface area contributed by atoms with Gasteiger partial charge in [-0.2, -0.15) is 0 Å². The third-order valence-corrected chi connectivity index (χ3v) is 4.80. The highest BCUT2D eigenvalue weighted by atomic mass is 16.2. The van der Waals surface area contributed by atoms with Crippen LogP contribution < -0.4 is 16.5 Å². The minimum atomic E-state index is -0.538. The number of aromatic nitrogens is 1. The molecule has 1 unspecified atom stereocenters. The van der Waals surface area contributed by atoms with E-state index in [0.717, 1.165) is 17.5 Å². The van der Waals surface area contributed by atoms with Crippen molar-refractivity contribution in [3.05, 3.63) is 75.6 Å². The van der Waals surface area contributed by atoms with Crippen LogP contribution in [-0.4, -0.2) is 16.4 Å². The summed E-state index contributed by atoms with van der Waals surface area (Å²) in [5, 5.41) is 3.27. The minimum absolute atomic E-state index is 0.0994.